The van der Waals surface area contributed by atoms with Crippen LogP contribution in [-0.2, 0) is 9.59 Å². The molecule has 0 aromatic carbocycles. The Morgan fingerprint density at radius 3 is 2.62 bits per heavy atom. The minimum absolute atomic E-state index is 0. The van der Waals surface area contributed by atoms with E-state index in [1.165, 1.54) is 0 Å². The number of hydrogen-bond donors (Lipinski definition) is 3. The van der Waals surface area contributed by atoms with Crippen molar-refractivity contribution in [1.29, 1.82) is 0 Å². The molecular weight excluding hydrogens is 230 g/mol. The van der Waals surface area contributed by atoms with Crippen molar-refractivity contribution in [2.45, 2.75) is 26.3 Å². The maximum Gasteiger partial charge on any atom is 0.239 e. The molecule has 1 saturated heterocycles. The molecular formula is C10H20ClN3O2. The van der Waals surface area contributed by atoms with Gasteiger partial charge in [-0.25, -0.2) is 0 Å². The lowest BCUT2D eigenvalue weighted by Gasteiger charge is -2.11. The lowest BCUT2D eigenvalue weighted by atomic mass is 10.1. The average Bonchev–Trinajstić information content (AvgIpc) is 2.65. The van der Waals surface area contributed by atoms with Gasteiger partial charge in [-0.1, -0.05) is 0 Å². The molecule has 94 valence electrons. The average molecular weight is 250 g/mol. The molecule has 0 spiro atoms. The molecule has 1 atom stereocenters. The van der Waals surface area contributed by atoms with E-state index in [1.807, 2.05) is 13.8 Å². The third kappa shape index (κ3) is 5.32. The van der Waals surface area contributed by atoms with Crippen molar-refractivity contribution in [2.24, 2.45) is 5.92 Å². The maximum atomic E-state index is 11.5. The monoisotopic (exact) mass is 249 g/mol. The summed E-state index contributed by atoms with van der Waals surface area (Å²) in [6.45, 7) is 5.46. The molecule has 3 N–H and O–H groups in total. The number of carbonyl (C=O) groups excluding carboxylic acids is 2. The summed E-state index contributed by atoms with van der Waals surface area (Å²) >= 11 is 0. The zero-order chi connectivity index (χ0) is 11.3. The Morgan fingerprint density at radius 2 is 2.12 bits per heavy atom. The molecule has 2 amide bonds. The molecule has 5 nitrogen and oxygen atoms in total. The predicted molar refractivity (Wildman–Crippen MR) is 64.5 cm³/mol. The lowest BCUT2D eigenvalue weighted by Crippen LogP contribution is -2.42. The highest BCUT2D eigenvalue weighted by Crippen LogP contribution is 2.06. The first kappa shape index (κ1) is 15.2. The van der Waals surface area contributed by atoms with Crippen LogP contribution in [0.1, 0.15) is 20.3 Å². The Kier molecular flexibility index (Phi) is 7.08. The number of carbonyl (C=O) groups is 2. The highest BCUT2D eigenvalue weighted by atomic mass is 35.5. The quantitative estimate of drug-likeness (QED) is 0.639. The zero-order valence-corrected chi connectivity index (χ0v) is 10.5. The van der Waals surface area contributed by atoms with E-state index < -0.39 is 0 Å². The SMILES string of the molecule is CC(C)NC(=O)CNC(=O)[C@@H]1CCNC1.Cl. The summed E-state index contributed by atoms with van der Waals surface area (Å²) in [5.41, 5.74) is 0. The predicted octanol–water partition coefficient (Wildman–Crippen LogP) is -0.341. The summed E-state index contributed by atoms with van der Waals surface area (Å²) < 4.78 is 0. The third-order valence-electron chi connectivity index (χ3n) is 2.30. The normalized spacial score (nSPS) is 19.1. The molecule has 1 aliphatic rings. The highest BCUT2D eigenvalue weighted by Gasteiger charge is 2.22. The largest absolute Gasteiger partial charge is 0.352 e. The van der Waals surface area contributed by atoms with Crippen LogP contribution in [0.4, 0.5) is 0 Å². The number of rotatable bonds is 4. The van der Waals surface area contributed by atoms with E-state index in [4.69, 9.17) is 0 Å². The molecule has 16 heavy (non-hydrogen) atoms. The van der Waals surface area contributed by atoms with Gasteiger partial charge in [-0.05, 0) is 26.8 Å². The van der Waals surface area contributed by atoms with Crippen LogP contribution in [0.5, 0.6) is 0 Å². The number of amides is 2. The van der Waals surface area contributed by atoms with Gasteiger partial charge in [0.05, 0.1) is 12.5 Å². The Bertz CT molecular complexity index is 240. The third-order valence-corrected chi connectivity index (χ3v) is 2.30. The Morgan fingerprint density at radius 1 is 1.44 bits per heavy atom. The van der Waals surface area contributed by atoms with Gasteiger partial charge in [0.25, 0.3) is 0 Å². The van der Waals surface area contributed by atoms with E-state index in [-0.39, 0.29) is 42.7 Å². The van der Waals surface area contributed by atoms with Crippen molar-refractivity contribution < 1.29 is 9.59 Å². The van der Waals surface area contributed by atoms with Crippen LogP contribution in [0.3, 0.4) is 0 Å². The van der Waals surface area contributed by atoms with Gasteiger partial charge in [0.15, 0.2) is 0 Å². The summed E-state index contributed by atoms with van der Waals surface area (Å²) in [5, 5.41) is 8.47. The van der Waals surface area contributed by atoms with Gasteiger partial charge in [0, 0.05) is 12.6 Å². The second-order valence-electron chi connectivity index (χ2n) is 4.13. The van der Waals surface area contributed by atoms with Crippen LogP contribution in [0, 0.1) is 5.92 Å². The molecule has 1 fully saturated rings. The molecule has 0 aromatic rings. The van der Waals surface area contributed by atoms with Crippen LogP contribution < -0.4 is 16.0 Å². The van der Waals surface area contributed by atoms with Crippen molar-refractivity contribution >= 4 is 24.2 Å². The van der Waals surface area contributed by atoms with Gasteiger partial charge in [0.2, 0.25) is 11.8 Å². The molecule has 0 aromatic heterocycles. The van der Waals surface area contributed by atoms with Gasteiger partial charge in [0.1, 0.15) is 0 Å². The summed E-state index contributed by atoms with van der Waals surface area (Å²) in [6.07, 6.45) is 0.859. The van der Waals surface area contributed by atoms with E-state index in [9.17, 15) is 9.59 Å². The van der Waals surface area contributed by atoms with E-state index in [1.54, 1.807) is 0 Å². The van der Waals surface area contributed by atoms with Gasteiger partial charge >= 0.3 is 0 Å². The Hall–Kier alpha value is -0.810. The molecule has 1 rings (SSSR count). The minimum Gasteiger partial charge on any atom is -0.352 e. The number of nitrogens with one attached hydrogen (secondary N) is 3. The van der Waals surface area contributed by atoms with Gasteiger partial charge < -0.3 is 16.0 Å². The summed E-state index contributed by atoms with van der Waals surface area (Å²) in [4.78, 5) is 22.7. The molecule has 1 aliphatic heterocycles. The van der Waals surface area contributed by atoms with Gasteiger partial charge in [-0.2, -0.15) is 0 Å². The van der Waals surface area contributed by atoms with Crippen LogP contribution in [-0.4, -0.2) is 37.5 Å². The van der Waals surface area contributed by atoms with E-state index in [0.717, 1.165) is 19.5 Å². The number of halogens is 1. The fraction of sp³-hybridized carbons (Fsp3) is 0.800. The van der Waals surface area contributed by atoms with Crippen LogP contribution in [0.25, 0.3) is 0 Å². The molecule has 0 unspecified atom stereocenters. The highest BCUT2D eigenvalue weighted by molar-refractivity contribution is 5.86. The topological polar surface area (TPSA) is 70.2 Å². The van der Waals surface area contributed by atoms with Gasteiger partial charge in [-0.3, -0.25) is 9.59 Å². The van der Waals surface area contributed by atoms with Gasteiger partial charge in [-0.15, -0.1) is 12.4 Å². The maximum absolute atomic E-state index is 11.5. The summed E-state index contributed by atoms with van der Waals surface area (Å²) in [6, 6.07) is 0.113. The van der Waals surface area contributed by atoms with Crippen molar-refractivity contribution in [3.05, 3.63) is 0 Å². The molecule has 6 heteroatoms. The lowest BCUT2D eigenvalue weighted by molar-refractivity contribution is -0.128. The standard InChI is InChI=1S/C10H19N3O2.ClH/c1-7(2)13-9(14)6-12-10(15)8-3-4-11-5-8;/h7-8,11H,3-6H2,1-2H3,(H,12,15)(H,13,14);1H/t8-;/m1./s1. The first-order valence-electron chi connectivity index (χ1n) is 5.37. The molecule has 0 aliphatic carbocycles. The first-order chi connectivity index (χ1) is 7.09. The van der Waals surface area contributed by atoms with E-state index in [2.05, 4.69) is 16.0 Å². The molecule has 0 bridgehead atoms. The Balaban J connectivity index is 0.00000225. The smallest absolute Gasteiger partial charge is 0.239 e. The fourth-order valence-corrected chi connectivity index (χ4v) is 1.56. The summed E-state index contributed by atoms with van der Waals surface area (Å²) in [7, 11) is 0. The van der Waals surface area contributed by atoms with Crippen LogP contribution in [0.15, 0.2) is 0 Å². The zero-order valence-electron chi connectivity index (χ0n) is 9.71. The summed E-state index contributed by atoms with van der Waals surface area (Å²) in [5.74, 6) is -0.139. The molecule has 0 saturated carbocycles. The fourth-order valence-electron chi connectivity index (χ4n) is 1.56. The van der Waals surface area contributed by atoms with E-state index >= 15 is 0 Å². The van der Waals surface area contributed by atoms with E-state index in [0.29, 0.717) is 0 Å². The number of hydrogen-bond acceptors (Lipinski definition) is 3. The van der Waals surface area contributed by atoms with Crippen molar-refractivity contribution in [2.75, 3.05) is 19.6 Å². The second kappa shape index (κ2) is 7.46. The van der Waals surface area contributed by atoms with Crippen molar-refractivity contribution in [3.63, 3.8) is 0 Å². The van der Waals surface area contributed by atoms with Crippen LogP contribution in [0.2, 0.25) is 0 Å². The minimum atomic E-state index is -0.135. The molecule has 0 radical (unpaired) electrons. The van der Waals surface area contributed by atoms with Crippen molar-refractivity contribution in [1.82, 2.24) is 16.0 Å². The second-order valence-corrected chi connectivity index (χ2v) is 4.13. The van der Waals surface area contributed by atoms with Crippen molar-refractivity contribution in [3.8, 4) is 0 Å². The van der Waals surface area contributed by atoms with Crippen LogP contribution >= 0.6 is 12.4 Å². The Labute approximate surface area is 102 Å². The first-order valence-corrected chi connectivity index (χ1v) is 5.37. The molecule has 1 heterocycles.